The molecule has 1 aliphatic heterocycles. The van der Waals surface area contributed by atoms with Crippen LogP contribution in [0.1, 0.15) is 27.7 Å². The Morgan fingerprint density at radius 1 is 1.52 bits per heavy atom. The summed E-state index contributed by atoms with van der Waals surface area (Å²) < 4.78 is 0. The van der Waals surface area contributed by atoms with Gasteiger partial charge in [-0.3, -0.25) is 14.6 Å². The Kier molecular flexibility index (Phi) is 6.14. The fraction of sp³-hybridized carbons (Fsp3) is 0.867. The van der Waals surface area contributed by atoms with Gasteiger partial charge in [0.2, 0.25) is 5.91 Å². The van der Waals surface area contributed by atoms with Crippen LogP contribution in [0.4, 0.5) is 0 Å². The lowest BCUT2D eigenvalue weighted by Crippen LogP contribution is -2.56. The molecule has 0 radical (unpaired) electrons. The van der Waals surface area contributed by atoms with Crippen molar-refractivity contribution in [2.45, 2.75) is 45.4 Å². The van der Waals surface area contributed by atoms with Crippen molar-refractivity contribution in [3.8, 4) is 6.07 Å². The number of aliphatic hydroxyl groups excluding tert-OH is 1. The van der Waals surface area contributed by atoms with Crippen molar-refractivity contribution in [2.24, 2.45) is 0 Å². The predicted octanol–water partition coefficient (Wildman–Crippen LogP) is 0.134. The molecule has 1 fully saturated rings. The highest BCUT2D eigenvalue weighted by Crippen LogP contribution is 2.13. The molecule has 0 bridgehead atoms. The molecule has 1 saturated heterocycles. The van der Waals surface area contributed by atoms with E-state index in [1.54, 1.807) is 27.8 Å². The minimum atomic E-state index is -0.781. The second kappa shape index (κ2) is 7.21. The molecular formula is C15H28N4O2. The maximum Gasteiger partial charge on any atom is 0.237 e. The van der Waals surface area contributed by atoms with Gasteiger partial charge in [0.15, 0.2) is 0 Å². The Morgan fingerprint density at radius 3 is 2.62 bits per heavy atom. The number of rotatable bonds is 5. The average Bonchev–Trinajstić information content (AvgIpc) is 2.40. The molecule has 120 valence electrons. The van der Waals surface area contributed by atoms with Crippen LogP contribution in [0.2, 0.25) is 0 Å². The van der Waals surface area contributed by atoms with Crippen molar-refractivity contribution in [1.29, 1.82) is 5.26 Å². The Morgan fingerprint density at radius 2 is 2.14 bits per heavy atom. The predicted molar refractivity (Wildman–Crippen MR) is 81.6 cm³/mol. The zero-order chi connectivity index (χ0) is 16.2. The summed E-state index contributed by atoms with van der Waals surface area (Å²) in [6.45, 7) is 10.9. The topological polar surface area (TPSA) is 70.8 Å². The van der Waals surface area contributed by atoms with Crippen LogP contribution < -0.4 is 0 Å². The second-order valence-electron chi connectivity index (χ2n) is 6.55. The van der Waals surface area contributed by atoms with E-state index < -0.39 is 5.54 Å². The van der Waals surface area contributed by atoms with E-state index >= 15 is 0 Å². The molecule has 0 aromatic heterocycles. The smallest absolute Gasteiger partial charge is 0.237 e. The summed E-state index contributed by atoms with van der Waals surface area (Å²) in [6.07, 6.45) is -0.330. The molecule has 1 aliphatic rings. The van der Waals surface area contributed by atoms with Gasteiger partial charge in [0, 0.05) is 39.3 Å². The summed E-state index contributed by atoms with van der Waals surface area (Å²) >= 11 is 0. The summed E-state index contributed by atoms with van der Waals surface area (Å²) in [5.74, 6) is -0.0299. The molecule has 21 heavy (non-hydrogen) atoms. The Bertz CT molecular complexity index is 403. The lowest BCUT2D eigenvalue weighted by atomic mass is 10.1. The first-order valence-corrected chi connectivity index (χ1v) is 7.49. The SMILES string of the molecule is C[C@@H]1CN(CC(=O)N(C)C(C)(C)C#N)CCN1C[C@@H](C)O. The number of carbonyl (C=O) groups excluding carboxylic acids is 1. The first-order chi connectivity index (χ1) is 9.67. The first kappa shape index (κ1) is 17.9. The number of hydrogen-bond acceptors (Lipinski definition) is 5. The third-order valence-corrected chi connectivity index (χ3v) is 4.19. The molecule has 1 N–H and O–H groups in total. The Labute approximate surface area is 127 Å². The van der Waals surface area contributed by atoms with Crippen molar-refractivity contribution >= 4 is 5.91 Å². The Hall–Kier alpha value is -1.16. The first-order valence-electron chi connectivity index (χ1n) is 7.49. The van der Waals surface area contributed by atoms with Crippen LogP contribution in [0.15, 0.2) is 0 Å². The molecule has 1 rings (SSSR count). The number of β-amino-alcohol motifs (C(OH)–C–C–N with tert-alkyl or cyclic N) is 1. The van der Waals surface area contributed by atoms with Crippen LogP contribution in [0.5, 0.6) is 0 Å². The molecule has 1 amide bonds. The van der Waals surface area contributed by atoms with Gasteiger partial charge < -0.3 is 10.0 Å². The maximum atomic E-state index is 12.3. The molecule has 0 saturated carbocycles. The number of piperazine rings is 1. The van der Waals surface area contributed by atoms with Gasteiger partial charge in [-0.2, -0.15) is 5.26 Å². The van der Waals surface area contributed by atoms with Crippen LogP contribution >= 0.6 is 0 Å². The number of carbonyl (C=O) groups is 1. The normalized spacial score (nSPS) is 22.6. The fourth-order valence-electron chi connectivity index (χ4n) is 2.51. The van der Waals surface area contributed by atoms with E-state index in [-0.39, 0.29) is 12.0 Å². The van der Waals surface area contributed by atoms with Crippen molar-refractivity contribution < 1.29 is 9.90 Å². The average molecular weight is 296 g/mol. The fourth-order valence-corrected chi connectivity index (χ4v) is 2.51. The van der Waals surface area contributed by atoms with Crippen LogP contribution in [0, 0.1) is 11.3 Å². The van der Waals surface area contributed by atoms with E-state index in [2.05, 4.69) is 22.8 Å². The molecule has 2 atom stereocenters. The molecule has 0 unspecified atom stereocenters. The summed E-state index contributed by atoms with van der Waals surface area (Å²) in [5, 5.41) is 18.6. The highest BCUT2D eigenvalue weighted by atomic mass is 16.3. The number of likely N-dealkylation sites (N-methyl/N-ethyl adjacent to an activating group) is 1. The molecule has 6 nitrogen and oxygen atoms in total. The second-order valence-corrected chi connectivity index (χ2v) is 6.55. The Balaban J connectivity index is 2.52. The molecule has 0 aromatic carbocycles. The third kappa shape index (κ3) is 4.95. The van der Waals surface area contributed by atoms with Crippen LogP contribution in [-0.2, 0) is 4.79 Å². The zero-order valence-corrected chi connectivity index (χ0v) is 13.8. The lowest BCUT2D eigenvalue weighted by molar-refractivity contribution is -0.135. The lowest BCUT2D eigenvalue weighted by Gasteiger charge is -2.41. The largest absolute Gasteiger partial charge is 0.392 e. The van der Waals surface area contributed by atoms with Crippen LogP contribution in [-0.4, -0.2) is 83.2 Å². The number of hydrogen-bond donors (Lipinski definition) is 1. The van der Waals surface area contributed by atoms with E-state index in [0.717, 1.165) is 19.6 Å². The summed E-state index contributed by atoms with van der Waals surface area (Å²) in [5.41, 5.74) is -0.781. The van der Waals surface area contributed by atoms with Gasteiger partial charge in [-0.15, -0.1) is 0 Å². The minimum absolute atomic E-state index is 0.0299. The van der Waals surface area contributed by atoms with Crippen LogP contribution in [0.3, 0.4) is 0 Å². The van der Waals surface area contributed by atoms with E-state index in [1.807, 2.05) is 0 Å². The van der Waals surface area contributed by atoms with Gasteiger partial charge in [-0.1, -0.05) is 0 Å². The standard InChI is InChI=1S/C15H28N4O2/c1-12-8-18(6-7-19(12)9-13(2)20)10-14(21)17(5)15(3,4)11-16/h12-13,20H,6-10H2,1-5H3/t12-,13-/m1/s1. The minimum Gasteiger partial charge on any atom is -0.392 e. The van der Waals surface area contributed by atoms with E-state index in [4.69, 9.17) is 5.26 Å². The molecule has 1 heterocycles. The van der Waals surface area contributed by atoms with Crippen molar-refractivity contribution in [3.63, 3.8) is 0 Å². The molecule has 0 aromatic rings. The van der Waals surface area contributed by atoms with Gasteiger partial charge in [0.25, 0.3) is 0 Å². The monoisotopic (exact) mass is 296 g/mol. The third-order valence-electron chi connectivity index (χ3n) is 4.19. The number of aliphatic hydroxyl groups is 1. The number of amides is 1. The molecule has 0 aliphatic carbocycles. The van der Waals surface area contributed by atoms with Gasteiger partial charge in [-0.25, -0.2) is 0 Å². The highest BCUT2D eigenvalue weighted by Gasteiger charge is 2.30. The van der Waals surface area contributed by atoms with Crippen molar-refractivity contribution in [1.82, 2.24) is 14.7 Å². The zero-order valence-electron chi connectivity index (χ0n) is 13.8. The maximum absolute atomic E-state index is 12.3. The van der Waals surface area contributed by atoms with Crippen molar-refractivity contribution in [3.05, 3.63) is 0 Å². The van der Waals surface area contributed by atoms with Gasteiger partial charge in [-0.05, 0) is 27.7 Å². The summed E-state index contributed by atoms with van der Waals surface area (Å²) in [6, 6.07) is 2.46. The molecule has 6 heteroatoms. The quantitative estimate of drug-likeness (QED) is 0.781. The number of nitriles is 1. The number of nitrogens with zero attached hydrogens (tertiary/aromatic N) is 4. The molecular weight excluding hydrogens is 268 g/mol. The van der Waals surface area contributed by atoms with Gasteiger partial charge in [0.1, 0.15) is 5.54 Å². The van der Waals surface area contributed by atoms with Crippen LogP contribution in [0.25, 0.3) is 0 Å². The van der Waals surface area contributed by atoms with E-state index in [9.17, 15) is 9.90 Å². The van der Waals surface area contributed by atoms with Gasteiger partial charge in [0.05, 0.1) is 18.7 Å². The van der Waals surface area contributed by atoms with Gasteiger partial charge >= 0.3 is 0 Å². The van der Waals surface area contributed by atoms with E-state index in [1.165, 1.54) is 4.90 Å². The molecule has 0 spiro atoms. The summed E-state index contributed by atoms with van der Waals surface area (Å²) in [7, 11) is 1.68. The van der Waals surface area contributed by atoms with Crippen molar-refractivity contribution in [2.75, 3.05) is 39.8 Å². The summed E-state index contributed by atoms with van der Waals surface area (Å²) in [4.78, 5) is 18.1. The van der Waals surface area contributed by atoms with E-state index in [0.29, 0.717) is 19.1 Å². The highest BCUT2D eigenvalue weighted by molar-refractivity contribution is 5.79.